The average Bonchev–Trinajstić information content (AvgIpc) is 2.45. The van der Waals surface area contributed by atoms with Crippen LogP contribution >= 0.6 is 7.82 Å². The molecule has 0 saturated carbocycles. The third-order valence-corrected chi connectivity index (χ3v) is 4.69. The van der Waals surface area contributed by atoms with Crippen molar-refractivity contribution in [3.63, 3.8) is 0 Å². The summed E-state index contributed by atoms with van der Waals surface area (Å²) in [7, 11) is -4.24. The van der Waals surface area contributed by atoms with E-state index in [4.69, 9.17) is 9.79 Å². The minimum atomic E-state index is -4.24. The van der Waals surface area contributed by atoms with Crippen molar-refractivity contribution in [2.24, 2.45) is 0 Å². The molecule has 0 heterocycles. The first-order valence-corrected chi connectivity index (χ1v) is 12.1. The number of phosphoric acid groups is 1. The molecule has 4 nitrogen and oxygen atoms in total. The van der Waals surface area contributed by atoms with E-state index in [2.05, 4.69) is 18.4 Å². The molecule has 0 rings (SSSR count). The molecule has 0 aliphatic carbocycles. The molecule has 0 atom stereocenters. The number of unbranched alkanes of at least 4 members (excludes halogenated alkanes) is 10. The Bertz CT molecular complexity index is 244. The normalized spacial score (nSPS) is 11.2. The van der Waals surface area contributed by atoms with Gasteiger partial charge in [-0.05, 0) is 6.42 Å². The van der Waals surface area contributed by atoms with Gasteiger partial charge in [0.25, 0.3) is 0 Å². The summed E-state index contributed by atoms with van der Waals surface area (Å²) in [5, 5.41) is 0. The van der Waals surface area contributed by atoms with E-state index >= 15 is 0 Å². The van der Waals surface area contributed by atoms with Crippen molar-refractivity contribution in [1.29, 1.82) is 0 Å². The number of hydrogen-bond donors (Lipinski definition) is 2. The quantitative estimate of drug-likeness (QED) is 0.251. The Morgan fingerprint density at radius 1 is 0.773 bits per heavy atom. The van der Waals surface area contributed by atoms with E-state index in [9.17, 15) is 4.57 Å². The molecule has 0 radical (unpaired) electrons. The first kappa shape index (κ1) is 25.4. The Balaban J connectivity index is 0. The molecule has 6 heteroatoms. The van der Waals surface area contributed by atoms with E-state index in [1.165, 1.54) is 89.4 Å². The van der Waals surface area contributed by atoms with Gasteiger partial charge < -0.3 is 9.79 Å². The van der Waals surface area contributed by atoms with Crippen molar-refractivity contribution in [2.75, 3.05) is 6.61 Å². The maximum atomic E-state index is 10.4. The SMILES string of the molecule is CCCCCCCCCCCCOP(=O)(O)O.CCC[CH2][Na]. The van der Waals surface area contributed by atoms with E-state index in [0.717, 1.165) is 19.3 Å². The molecule has 0 aliphatic rings. The third kappa shape index (κ3) is 29.2. The second-order valence-corrected chi connectivity index (χ2v) is 8.10. The van der Waals surface area contributed by atoms with Crippen LogP contribution in [0, 0.1) is 0 Å². The van der Waals surface area contributed by atoms with E-state index in [0.29, 0.717) is 0 Å². The van der Waals surface area contributed by atoms with Crippen LogP contribution < -0.4 is 0 Å². The van der Waals surface area contributed by atoms with Crippen LogP contribution in [0.15, 0.2) is 0 Å². The van der Waals surface area contributed by atoms with Gasteiger partial charge in [0.2, 0.25) is 0 Å². The fourth-order valence-corrected chi connectivity index (χ4v) is 3.20. The minimum absolute atomic E-state index is 0.167. The van der Waals surface area contributed by atoms with Gasteiger partial charge in [0, 0.05) is 0 Å². The zero-order valence-electron chi connectivity index (χ0n) is 15.1. The van der Waals surface area contributed by atoms with Gasteiger partial charge in [-0.3, -0.25) is 4.52 Å². The van der Waals surface area contributed by atoms with E-state index in [1.807, 2.05) is 0 Å². The summed E-state index contributed by atoms with van der Waals surface area (Å²) in [6.07, 6.45) is 14.9. The molecule has 2 N–H and O–H groups in total. The summed E-state index contributed by atoms with van der Waals surface area (Å²) in [4.78, 5) is 16.9. The number of rotatable bonds is 14. The van der Waals surface area contributed by atoms with Crippen LogP contribution in [-0.2, 0) is 9.09 Å². The molecule has 0 fully saturated rings. The van der Waals surface area contributed by atoms with E-state index < -0.39 is 7.82 Å². The van der Waals surface area contributed by atoms with Crippen molar-refractivity contribution in [2.45, 2.75) is 94.6 Å². The molecule has 0 saturated heterocycles. The van der Waals surface area contributed by atoms with Crippen LogP contribution in [0.3, 0.4) is 0 Å². The first-order valence-electron chi connectivity index (χ1n) is 9.18. The Hall–Kier alpha value is 1.11. The fraction of sp³-hybridized carbons (Fsp3) is 1.00. The molecule has 0 aromatic rings. The first-order chi connectivity index (χ1) is 10.5. The fourth-order valence-electron chi connectivity index (χ4n) is 2.13. The van der Waals surface area contributed by atoms with Gasteiger partial charge in [-0.15, -0.1) is 0 Å². The van der Waals surface area contributed by atoms with E-state index in [-0.39, 0.29) is 6.61 Å². The zero-order valence-corrected chi connectivity index (χ0v) is 18.0. The molecule has 22 heavy (non-hydrogen) atoms. The molecule has 0 bridgehead atoms. The van der Waals surface area contributed by atoms with Crippen LogP contribution in [0.1, 0.15) is 90.9 Å². The average molecular weight is 346 g/mol. The van der Waals surface area contributed by atoms with Crippen LogP contribution in [0.5, 0.6) is 0 Å². The number of phosphoric ester groups is 1. The Morgan fingerprint density at radius 2 is 1.18 bits per heavy atom. The predicted octanol–water partition coefficient (Wildman–Crippen LogP) is 5.39. The van der Waals surface area contributed by atoms with Crippen LogP contribution in [0.25, 0.3) is 0 Å². The van der Waals surface area contributed by atoms with Gasteiger partial charge in [-0.2, -0.15) is 0 Å². The summed E-state index contributed by atoms with van der Waals surface area (Å²) in [5.41, 5.74) is 0. The van der Waals surface area contributed by atoms with Gasteiger partial charge in [0.1, 0.15) is 0 Å². The summed E-state index contributed by atoms with van der Waals surface area (Å²) in [5.74, 6) is 0. The van der Waals surface area contributed by atoms with Gasteiger partial charge in [-0.1, -0.05) is 64.7 Å². The van der Waals surface area contributed by atoms with Crippen molar-refractivity contribution in [1.82, 2.24) is 0 Å². The second-order valence-electron chi connectivity index (χ2n) is 5.86. The van der Waals surface area contributed by atoms with E-state index in [1.54, 1.807) is 0 Å². The Kier molecular flexibility index (Phi) is 23.2. The number of hydrogen-bond acceptors (Lipinski definition) is 2. The predicted molar refractivity (Wildman–Crippen MR) is 95.3 cm³/mol. The van der Waals surface area contributed by atoms with Crippen molar-refractivity contribution >= 4 is 35.8 Å². The molecule has 0 unspecified atom stereocenters. The van der Waals surface area contributed by atoms with Crippen LogP contribution in [0.4, 0.5) is 0 Å². The van der Waals surface area contributed by atoms with Crippen molar-refractivity contribution in [3.8, 4) is 0 Å². The molecular formula is C16H36NaO4P. The topological polar surface area (TPSA) is 66.8 Å². The molecule has 130 valence electrons. The van der Waals surface area contributed by atoms with Gasteiger partial charge in [0.15, 0.2) is 0 Å². The molecule has 0 aromatic heterocycles. The van der Waals surface area contributed by atoms with Crippen molar-refractivity contribution < 1.29 is 18.9 Å². The summed E-state index contributed by atoms with van der Waals surface area (Å²) >= 11 is 1.40. The molecular weight excluding hydrogens is 310 g/mol. The van der Waals surface area contributed by atoms with Gasteiger partial charge in [-0.25, -0.2) is 4.57 Å². The Labute approximate surface area is 155 Å². The maximum absolute atomic E-state index is 10.4. The van der Waals surface area contributed by atoms with Gasteiger partial charge >= 0.3 is 59.2 Å². The van der Waals surface area contributed by atoms with Crippen LogP contribution in [0.2, 0.25) is 3.67 Å². The monoisotopic (exact) mass is 346 g/mol. The van der Waals surface area contributed by atoms with Crippen LogP contribution in [-0.4, -0.2) is 44.3 Å². The standard InChI is InChI=1S/C12H27O4P.C4H9.Na/c1-2-3-4-5-6-7-8-9-10-11-12-16-17(13,14)15;1-3-4-2;/h2-12H2,1H3,(H2,13,14,15);1,3-4H2,2H3;. The molecule has 0 spiro atoms. The van der Waals surface area contributed by atoms with Gasteiger partial charge in [0.05, 0.1) is 6.61 Å². The molecule has 0 amide bonds. The zero-order chi connectivity index (χ0) is 17.1. The molecule has 0 aromatic carbocycles. The van der Waals surface area contributed by atoms with Crippen molar-refractivity contribution in [3.05, 3.63) is 0 Å². The Morgan fingerprint density at radius 3 is 1.50 bits per heavy atom. The summed E-state index contributed by atoms with van der Waals surface area (Å²) in [6.45, 7) is 4.62. The summed E-state index contributed by atoms with van der Waals surface area (Å²) in [6, 6.07) is 0. The third-order valence-electron chi connectivity index (χ3n) is 3.46. The molecule has 0 aliphatic heterocycles. The second kappa shape index (κ2) is 20.2. The summed E-state index contributed by atoms with van der Waals surface area (Å²) < 4.78 is 16.2.